The lowest BCUT2D eigenvalue weighted by molar-refractivity contribution is 0.197. The fourth-order valence-electron chi connectivity index (χ4n) is 4.05. The Bertz CT molecular complexity index is 673. The van der Waals surface area contributed by atoms with Gasteiger partial charge in [0.25, 0.3) is 10.0 Å². The highest BCUT2D eigenvalue weighted by atomic mass is 28.5. The summed E-state index contributed by atoms with van der Waals surface area (Å²) in [6.45, 7) is 20.8. The van der Waals surface area contributed by atoms with Crippen LogP contribution in [0.4, 0.5) is 0 Å². The molecule has 4 nitrogen and oxygen atoms in total. The van der Waals surface area contributed by atoms with Crippen molar-refractivity contribution in [2.45, 2.75) is 82.7 Å². The lowest BCUT2D eigenvalue weighted by Crippen LogP contribution is -2.64. The minimum atomic E-state index is -3.05. The summed E-state index contributed by atoms with van der Waals surface area (Å²) >= 11 is 0. The van der Waals surface area contributed by atoms with Crippen molar-refractivity contribution < 1.29 is 17.1 Å². The Kier molecular flexibility index (Phi) is 11.3. The fraction of sp³-hybridized carbons (Fsp3) is 0.652. The molecule has 31 heavy (non-hydrogen) atoms. The van der Waals surface area contributed by atoms with Crippen LogP contribution < -0.4 is 5.19 Å². The molecule has 0 aromatic heterocycles. The fourth-order valence-corrected chi connectivity index (χ4v) is 15.3. The van der Waals surface area contributed by atoms with Crippen LogP contribution in [-0.4, -0.2) is 50.1 Å². The van der Waals surface area contributed by atoms with Crippen molar-refractivity contribution in [2.75, 3.05) is 14.2 Å². The van der Waals surface area contributed by atoms with E-state index in [0.29, 0.717) is 5.04 Å². The van der Waals surface area contributed by atoms with Gasteiger partial charge < -0.3 is 17.1 Å². The van der Waals surface area contributed by atoms with E-state index in [2.05, 4.69) is 71.7 Å². The van der Waals surface area contributed by atoms with Gasteiger partial charge in [-0.3, -0.25) is 0 Å². The third kappa shape index (κ3) is 7.07. The van der Waals surface area contributed by atoms with E-state index < -0.39 is 35.9 Å². The first-order valence-corrected chi connectivity index (χ1v) is 20.2. The molecule has 0 aliphatic carbocycles. The predicted molar refractivity (Wildman–Crippen MR) is 144 cm³/mol. The first-order valence-electron chi connectivity index (χ1n) is 11.5. The van der Waals surface area contributed by atoms with Crippen LogP contribution in [0.1, 0.15) is 46.5 Å². The maximum Gasteiger partial charge on any atom is 0.517 e. The molecular weight excluding hydrogens is 453 g/mol. The van der Waals surface area contributed by atoms with Crippen LogP contribution in [0.5, 0.6) is 0 Å². The molecule has 3 unspecified atom stereocenters. The SMILES string of the molecule is C=CCC(C)(CCC(C)(CC)[Si](C)(C)O[Si](OC)(O[SiH2]OC)c1ccccc1)[SiH](C)C. The zero-order chi connectivity index (χ0) is 23.8. The average Bonchev–Trinajstić information content (AvgIpc) is 2.75. The number of rotatable bonds is 15. The lowest BCUT2D eigenvalue weighted by Gasteiger charge is -2.47. The van der Waals surface area contributed by atoms with Gasteiger partial charge in [0.15, 0.2) is 8.32 Å². The third-order valence-corrected chi connectivity index (χ3v) is 21.4. The Hall–Kier alpha value is -0.332. The summed E-state index contributed by atoms with van der Waals surface area (Å²) in [5, 5.41) is 1.52. The molecule has 0 amide bonds. The molecule has 3 atom stereocenters. The Morgan fingerprint density at radius 3 is 2.16 bits per heavy atom. The molecule has 0 saturated carbocycles. The van der Waals surface area contributed by atoms with Gasteiger partial charge >= 0.3 is 8.80 Å². The largest absolute Gasteiger partial charge is 0.517 e. The van der Waals surface area contributed by atoms with Crippen LogP contribution >= 0.6 is 0 Å². The summed E-state index contributed by atoms with van der Waals surface area (Å²) in [5.74, 6) is 0. The first kappa shape index (κ1) is 28.7. The Labute approximate surface area is 197 Å². The van der Waals surface area contributed by atoms with E-state index in [9.17, 15) is 0 Å². The van der Waals surface area contributed by atoms with Crippen molar-refractivity contribution in [1.82, 2.24) is 0 Å². The first-order chi connectivity index (χ1) is 14.5. The van der Waals surface area contributed by atoms with Crippen LogP contribution in [0.15, 0.2) is 43.0 Å². The zero-order valence-corrected chi connectivity index (χ0v) is 26.0. The number of hydrogen-bond donors (Lipinski definition) is 0. The lowest BCUT2D eigenvalue weighted by atomic mass is 9.92. The Balaban J connectivity index is 3.25. The van der Waals surface area contributed by atoms with Crippen LogP contribution in [0.3, 0.4) is 0 Å². The predicted octanol–water partition coefficient (Wildman–Crippen LogP) is 5.14. The minimum Gasteiger partial charge on any atom is -0.412 e. The summed E-state index contributed by atoms with van der Waals surface area (Å²) in [7, 11) is -3.88. The third-order valence-electron chi connectivity index (χ3n) is 7.64. The second kappa shape index (κ2) is 12.2. The maximum absolute atomic E-state index is 7.08. The topological polar surface area (TPSA) is 36.9 Å². The molecule has 0 N–H and O–H groups in total. The Morgan fingerprint density at radius 1 is 1.10 bits per heavy atom. The second-order valence-corrected chi connectivity index (χ2v) is 22.8. The van der Waals surface area contributed by atoms with Crippen LogP contribution in [0.2, 0.25) is 36.3 Å². The molecule has 0 aliphatic rings. The van der Waals surface area contributed by atoms with Gasteiger partial charge in [0.2, 0.25) is 0 Å². The van der Waals surface area contributed by atoms with Crippen LogP contribution in [0.25, 0.3) is 0 Å². The molecule has 0 bridgehead atoms. The Morgan fingerprint density at radius 2 is 1.71 bits per heavy atom. The van der Waals surface area contributed by atoms with Crippen molar-refractivity contribution in [2.24, 2.45) is 0 Å². The standard InChI is InChI=1S/C23H46O4Si4/c1-11-18-22(3,29(7)8)19-20-23(4,12-2)30(9,10)27-31(25-6,26-28-24-5)21-16-14-13-15-17-21/h11,13-17,29H,1,12,18-20,28H2,2-10H3. The summed E-state index contributed by atoms with van der Waals surface area (Å²) < 4.78 is 24.9. The average molecular weight is 499 g/mol. The second-order valence-electron chi connectivity index (χ2n) is 10.0. The van der Waals surface area contributed by atoms with E-state index in [1.807, 2.05) is 18.2 Å². The quantitative estimate of drug-likeness (QED) is 0.248. The van der Waals surface area contributed by atoms with Crippen molar-refractivity contribution in [1.29, 1.82) is 0 Å². The monoisotopic (exact) mass is 498 g/mol. The molecular formula is C23H46O4Si4. The number of hydrogen-bond acceptors (Lipinski definition) is 4. The van der Waals surface area contributed by atoms with Gasteiger partial charge in [-0.1, -0.05) is 76.7 Å². The molecule has 178 valence electrons. The summed E-state index contributed by atoms with van der Waals surface area (Å²) in [6.07, 6.45) is 6.66. The molecule has 0 heterocycles. The van der Waals surface area contributed by atoms with Gasteiger partial charge in [-0.25, -0.2) is 0 Å². The van der Waals surface area contributed by atoms with Gasteiger partial charge in [0.1, 0.15) is 0 Å². The van der Waals surface area contributed by atoms with Gasteiger partial charge in [-0.2, -0.15) is 0 Å². The van der Waals surface area contributed by atoms with E-state index in [-0.39, 0.29) is 5.04 Å². The van der Waals surface area contributed by atoms with E-state index in [4.69, 9.17) is 17.1 Å². The molecule has 8 heteroatoms. The highest BCUT2D eigenvalue weighted by molar-refractivity contribution is 6.89. The van der Waals surface area contributed by atoms with Crippen molar-refractivity contribution >= 4 is 41.1 Å². The van der Waals surface area contributed by atoms with E-state index in [1.165, 1.54) is 6.42 Å². The van der Waals surface area contributed by atoms with E-state index in [1.54, 1.807) is 14.2 Å². The van der Waals surface area contributed by atoms with Crippen LogP contribution in [-0.2, 0) is 17.1 Å². The number of allylic oxidation sites excluding steroid dienone is 1. The van der Waals surface area contributed by atoms with Crippen molar-refractivity contribution in [3.8, 4) is 0 Å². The van der Waals surface area contributed by atoms with Crippen molar-refractivity contribution in [3.63, 3.8) is 0 Å². The van der Waals surface area contributed by atoms with Gasteiger partial charge in [-0.15, -0.1) is 6.58 Å². The smallest absolute Gasteiger partial charge is 0.412 e. The summed E-state index contributed by atoms with van der Waals surface area (Å²) in [4.78, 5) is 0. The summed E-state index contributed by atoms with van der Waals surface area (Å²) in [6, 6.07) is 10.2. The minimum absolute atomic E-state index is 0.113. The zero-order valence-electron chi connectivity index (χ0n) is 21.4. The van der Waals surface area contributed by atoms with E-state index in [0.717, 1.165) is 24.4 Å². The van der Waals surface area contributed by atoms with E-state index >= 15 is 0 Å². The maximum atomic E-state index is 7.08. The van der Waals surface area contributed by atoms with Gasteiger partial charge in [0.05, 0.1) is 0 Å². The van der Waals surface area contributed by atoms with Crippen molar-refractivity contribution in [3.05, 3.63) is 43.0 Å². The summed E-state index contributed by atoms with van der Waals surface area (Å²) in [5.41, 5.74) is 0. The van der Waals surface area contributed by atoms with Gasteiger partial charge in [0, 0.05) is 28.2 Å². The molecule has 1 aromatic rings. The molecule has 0 aliphatic heterocycles. The molecule has 0 spiro atoms. The normalized spacial score (nSPS) is 18.6. The molecule has 0 fully saturated rings. The molecule has 0 radical (unpaired) electrons. The molecule has 0 saturated heterocycles. The highest BCUT2D eigenvalue weighted by Crippen LogP contribution is 2.51. The highest BCUT2D eigenvalue weighted by Gasteiger charge is 2.53. The molecule has 1 aromatic carbocycles. The van der Waals surface area contributed by atoms with Crippen LogP contribution in [0, 0.1) is 0 Å². The molecule has 1 rings (SSSR count). The van der Waals surface area contributed by atoms with Gasteiger partial charge in [-0.05, 0) is 42.4 Å². The number of benzene rings is 1.